The molecule has 1 unspecified atom stereocenters. The molecule has 112 valence electrons. The van der Waals surface area contributed by atoms with Gasteiger partial charge in [0.25, 0.3) is 0 Å². The molecule has 0 heterocycles. The first-order valence-corrected chi connectivity index (χ1v) is 7.72. The molecule has 0 saturated heterocycles. The summed E-state index contributed by atoms with van der Waals surface area (Å²) in [5.74, 6) is 0.210. The van der Waals surface area contributed by atoms with Gasteiger partial charge in [0.15, 0.2) is 0 Å². The van der Waals surface area contributed by atoms with Gasteiger partial charge in [-0.3, -0.25) is 0 Å². The van der Waals surface area contributed by atoms with Crippen LogP contribution in [0.25, 0.3) is 0 Å². The van der Waals surface area contributed by atoms with Crippen molar-refractivity contribution in [3.63, 3.8) is 0 Å². The summed E-state index contributed by atoms with van der Waals surface area (Å²) < 4.78 is 19.7. The van der Waals surface area contributed by atoms with E-state index in [1.54, 1.807) is 7.11 Å². The SMILES string of the molecule is COc1cc(NC(C)c2c(Cl)ccc(F)c2Cl)ccc1Br. The van der Waals surface area contributed by atoms with E-state index in [9.17, 15) is 4.39 Å². The Hall–Kier alpha value is -0.970. The lowest BCUT2D eigenvalue weighted by Gasteiger charge is -2.19. The fourth-order valence-corrected chi connectivity index (χ4v) is 3.12. The van der Waals surface area contributed by atoms with Crippen LogP contribution in [0.4, 0.5) is 10.1 Å². The van der Waals surface area contributed by atoms with Gasteiger partial charge in [0.2, 0.25) is 0 Å². The number of benzene rings is 2. The van der Waals surface area contributed by atoms with Crippen LogP contribution in [0, 0.1) is 5.82 Å². The second-order valence-electron chi connectivity index (χ2n) is 4.47. The highest BCUT2D eigenvalue weighted by Crippen LogP contribution is 2.35. The van der Waals surface area contributed by atoms with Crippen molar-refractivity contribution in [2.45, 2.75) is 13.0 Å². The Labute approximate surface area is 141 Å². The van der Waals surface area contributed by atoms with Gasteiger partial charge in [-0.15, -0.1) is 0 Å². The molecule has 1 N–H and O–H groups in total. The molecule has 2 rings (SSSR count). The van der Waals surface area contributed by atoms with Gasteiger partial charge in [-0.05, 0) is 47.1 Å². The Balaban J connectivity index is 2.30. The van der Waals surface area contributed by atoms with Crippen LogP contribution in [0.2, 0.25) is 10.0 Å². The van der Waals surface area contributed by atoms with Gasteiger partial charge in [0, 0.05) is 22.3 Å². The number of anilines is 1. The van der Waals surface area contributed by atoms with E-state index in [0.717, 1.165) is 10.2 Å². The minimum Gasteiger partial charge on any atom is -0.495 e. The van der Waals surface area contributed by atoms with E-state index in [0.29, 0.717) is 16.3 Å². The Kier molecular flexibility index (Phi) is 5.36. The summed E-state index contributed by atoms with van der Waals surface area (Å²) >= 11 is 15.5. The zero-order valence-corrected chi connectivity index (χ0v) is 14.5. The van der Waals surface area contributed by atoms with Crippen LogP contribution < -0.4 is 10.1 Å². The second-order valence-corrected chi connectivity index (χ2v) is 6.11. The molecule has 0 spiro atoms. The van der Waals surface area contributed by atoms with Gasteiger partial charge in [0.1, 0.15) is 11.6 Å². The molecule has 1 atom stereocenters. The zero-order valence-electron chi connectivity index (χ0n) is 11.4. The quantitative estimate of drug-likeness (QED) is 0.637. The molecule has 21 heavy (non-hydrogen) atoms. The third kappa shape index (κ3) is 3.62. The van der Waals surface area contributed by atoms with Crippen LogP contribution in [-0.4, -0.2) is 7.11 Å². The summed E-state index contributed by atoms with van der Waals surface area (Å²) in [7, 11) is 1.59. The van der Waals surface area contributed by atoms with Gasteiger partial charge in [-0.2, -0.15) is 0 Å². The summed E-state index contributed by atoms with van der Waals surface area (Å²) in [6.45, 7) is 1.86. The Morgan fingerprint density at radius 3 is 2.62 bits per heavy atom. The third-order valence-corrected chi connectivity index (χ3v) is 4.42. The molecule has 0 radical (unpaired) electrons. The monoisotopic (exact) mass is 391 g/mol. The molecule has 0 saturated carbocycles. The van der Waals surface area contributed by atoms with E-state index in [-0.39, 0.29) is 11.1 Å². The summed E-state index contributed by atoms with van der Waals surface area (Å²) in [4.78, 5) is 0. The van der Waals surface area contributed by atoms with Gasteiger partial charge >= 0.3 is 0 Å². The lowest BCUT2D eigenvalue weighted by molar-refractivity contribution is 0.412. The molecule has 0 amide bonds. The van der Waals surface area contributed by atoms with Crippen molar-refractivity contribution in [2.24, 2.45) is 0 Å². The molecule has 0 aliphatic carbocycles. The van der Waals surface area contributed by atoms with Gasteiger partial charge < -0.3 is 10.1 Å². The summed E-state index contributed by atoms with van der Waals surface area (Å²) in [5, 5.41) is 3.69. The summed E-state index contributed by atoms with van der Waals surface area (Å²) in [5.41, 5.74) is 1.35. The zero-order chi connectivity index (χ0) is 15.6. The molecule has 0 aliphatic heterocycles. The Morgan fingerprint density at radius 2 is 1.95 bits per heavy atom. The van der Waals surface area contributed by atoms with E-state index >= 15 is 0 Å². The average Bonchev–Trinajstić information content (AvgIpc) is 2.45. The molecule has 0 fully saturated rings. The molecular weight excluding hydrogens is 380 g/mol. The standard InChI is InChI=1S/C15H13BrCl2FNO/c1-8(14-11(17)5-6-12(19)15(14)18)20-9-3-4-10(16)13(7-9)21-2/h3-8,20H,1-2H3. The van der Waals surface area contributed by atoms with Crippen LogP contribution in [0.15, 0.2) is 34.8 Å². The van der Waals surface area contributed by atoms with E-state index in [1.807, 2.05) is 25.1 Å². The third-order valence-electron chi connectivity index (χ3n) is 3.05. The fraction of sp³-hybridized carbons (Fsp3) is 0.200. The van der Waals surface area contributed by atoms with E-state index in [4.69, 9.17) is 27.9 Å². The van der Waals surface area contributed by atoms with Crippen molar-refractivity contribution >= 4 is 44.8 Å². The Bertz CT molecular complexity index is 666. The number of nitrogens with one attached hydrogen (secondary N) is 1. The summed E-state index contributed by atoms with van der Waals surface area (Å²) in [6, 6.07) is 8.07. The van der Waals surface area contributed by atoms with E-state index < -0.39 is 5.82 Å². The van der Waals surface area contributed by atoms with Crippen molar-refractivity contribution in [2.75, 3.05) is 12.4 Å². The minimum atomic E-state index is -0.488. The first-order valence-electron chi connectivity index (χ1n) is 6.17. The minimum absolute atomic E-state index is 0.0339. The number of hydrogen-bond donors (Lipinski definition) is 1. The van der Waals surface area contributed by atoms with E-state index in [1.165, 1.54) is 12.1 Å². The van der Waals surface area contributed by atoms with Crippen molar-refractivity contribution < 1.29 is 9.13 Å². The topological polar surface area (TPSA) is 21.3 Å². The highest BCUT2D eigenvalue weighted by molar-refractivity contribution is 9.10. The molecule has 2 aromatic carbocycles. The molecule has 2 nitrogen and oxygen atoms in total. The maximum atomic E-state index is 13.6. The van der Waals surface area contributed by atoms with Crippen molar-refractivity contribution in [3.05, 3.63) is 56.2 Å². The number of methoxy groups -OCH3 is 1. The lowest BCUT2D eigenvalue weighted by atomic mass is 10.1. The number of halogens is 4. The first-order chi connectivity index (χ1) is 9.93. The number of rotatable bonds is 4. The summed E-state index contributed by atoms with van der Waals surface area (Å²) in [6.07, 6.45) is 0. The molecule has 2 aromatic rings. The van der Waals surface area contributed by atoms with Crippen molar-refractivity contribution in [1.82, 2.24) is 0 Å². The van der Waals surface area contributed by atoms with E-state index in [2.05, 4.69) is 21.2 Å². The van der Waals surface area contributed by atoms with Gasteiger partial charge in [-0.25, -0.2) is 4.39 Å². The molecular formula is C15H13BrCl2FNO. The average molecular weight is 393 g/mol. The highest BCUT2D eigenvalue weighted by atomic mass is 79.9. The first kappa shape index (κ1) is 16.4. The van der Waals surface area contributed by atoms with Crippen LogP contribution >= 0.6 is 39.1 Å². The number of ether oxygens (including phenoxy) is 1. The van der Waals surface area contributed by atoms with Crippen LogP contribution in [0.1, 0.15) is 18.5 Å². The van der Waals surface area contributed by atoms with Crippen molar-refractivity contribution in [1.29, 1.82) is 0 Å². The van der Waals surface area contributed by atoms with Crippen LogP contribution in [0.3, 0.4) is 0 Å². The smallest absolute Gasteiger partial charge is 0.142 e. The molecule has 6 heteroatoms. The van der Waals surface area contributed by atoms with Gasteiger partial charge in [-0.1, -0.05) is 23.2 Å². The molecule has 0 aromatic heterocycles. The predicted octanol–water partition coefficient (Wildman–Crippen LogP) is 6.08. The molecule has 0 aliphatic rings. The Morgan fingerprint density at radius 1 is 1.24 bits per heavy atom. The molecule has 0 bridgehead atoms. The highest BCUT2D eigenvalue weighted by Gasteiger charge is 2.17. The van der Waals surface area contributed by atoms with Crippen molar-refractivity contribution in [3.8, 4) is 5.75 Å². The van der Waals surface area contributed by atoms with Crippen LogP contribution in [-0.2, 0) is 0 Å². The second kappa shape index (κ2) is 6.86. The normalized spacial score (nSPS) is 12.1. The number of hydrogen-bond acceptors (Lipinski definition) is 2. The lowest BCUT2D eigenvalue weighted by Crippen LogP contribution is -2.09. The maximum absolute atomic E-state index is 13.6. The largest absolute Gasteiger partial charge is 0.495 e. The predicted molar refractivity (Wildman–Crippen MR) is 89.2 cm³/mol. The maximum Gasteiger partial charge on any atom is 0.142 e. The van der Waals surface area contributed by atoms with Crippen LogP contribution in [0.5, 0.6) is 5.75 Å². The fourth-order valence-electron chi connectivity index (χ4n) is 2.01. The van der Waals surface area contributed by atoms with Gasteiger partial charge in [0.05, 0.1) is 22.6 Å².